The van der Waals surface area contributed by atoms with E-state index >= 15 is 0 Å². The molecule has 1 amide bonds. The lowest BCUT2D eigenvalue weighted by Crippen LogP contribution is -2.29. The van der Waals surface area contributed by atoms with E-state index in [9.17, 15) is 9.18 Å². The zero-order valence-corrected chi connectivity index (χ0v) is 8.17. The van der Waals surface area contributed by atoms with Gasteiger partial charge in [0.15, 0.2) is 6.33 Å². The Hall–Kier alpha value is -2.31. The van der Waals surface area contributed by atoms with E-state index in [1.165, 1.54) is 12.1 Å². The molecule has 1 heterocycles. The van der Waals surface area contributed by atoms with Crippen molar-refractivity contribution in [1.29, 1.82) is 0 Å². The van der Waals surface area contributed by atoms with Crippen molar-refractivity contribution in [3.05, 3.63) is 42.0 Å². The number of tetrazole rings is 1. The van der Waals surface area contributed by atoms with Crippen molar-refractivity contribution in [2.75, 3.05) is 0 Å². The highest BCUT2D eigenvalue weighted by atomic mass is 19.1. The zero-order chi connectivity index (χ0) is 11.4. The summed E-state index contributed by atoms with van der Waals surface area (Å²) in [5.41, 5.74) is 0.661. The Balaban J connectivity index is 1.95. The average Bonchev–Trinajstić information content (AvgIpc) is 2.79. The molecule has 0 aliphatic carbocycles. The number of carbonyl (C=O) groups excluding carboxylic acids is 1. The standard InChI is InChI=1S/C9H8FN5O/c10-8-3-1-2-7(4-8)5-11-9(16)15-13-6-12-14-15/h1-4,6H,5H2,(H,11,16). The van der Waals surface area contributed by atoms with Crippen molar-refractivity contribution in [1.82, 2.24) is 25.5 Å². The molecule has 0 saturated heterocycles. The summed E-state index contributed by atoms with van der Waals surface area (Å²) in [7, 11) is 0. The van der Waals surface area contributed by atoms with Gasteiger partial charge in [-0.15, -0.1) is 10.2 Å². The van der Waals surface area contributed by atoms with Crippen molar-refractivity contribution in [2.45, 2.75) is 6.54 Å². The molecule has 6 nitrogen and oxygen atoms in total. The van der Waals surface area contributed by atoms with E-state index in [0.717, 1.165) is 11.1 Å². The highest BCUT2D eigenvalue weighted by Crippen LogP contribution is 2.02. The maximum Gasteiger partial charge on any atom is 0.361 e. The molecule has 1 aromatic carbocycles. The van der Waals surface area contributed by atoms with E-state index in [-0.39, 0.29) is 12.4 Å². The number of rotatable bonds is 2. The third kappa shape index (κ3) is 2.38. The van der Waals surface area contributed by atoms with Crippen LogP contribution in [0.3, 0.4) is 0 Å². The van der Waals surface area contributed by atoms with Gasteiger partial charge in [-0.2, -0.15) is 0 Å². The number of halogens is 1. The van der Waals surface area contributed by atoms with Crippen LogP contribution in [0.4, 0.5) is 9.18 Å². The van der Waals surface area contributed by atoms with Crippen molar-refractivity contribution in [2.24, 2.45) is 0 Å². The van der Waals surface area contributed by atoms with Crippen LogP contribution in [0.5, 0.6) is 0 Å². The molecule has 2 aromatic rings. The highest BCUT2D eigenvalue weighted by Gasteiger charge is 2.05. The van der Waals surface area contributed by atoms with Crippen LogP contribution in [0.2, 0.25) is 0 Å². The smallest absolute Gasteiger partial charge is 0.331 e. The van der Waals surface area contributed by atoms with Crippen LogP contribution in [-0.2, 0) is 6.54 Å². The van der Waals surface area contributed by atoms with E-state index in [4.69, 9.17) is 0 Å². The summed E-state index contributed by atoms with van der Waals surface area (Å²) in [6.45, 7) is 0.206. The molecule has 1 aromatic heterocycles. The minimum Gasteiger partial charge on any atom is -0.331 e. The van der Waals surface area contributed by atoms with Crippen LogP contribution in [0.15, 0.2) is 30.6 Å². The molecule has 2 rings (SSSR count). The SMILES string of the molecule is O=C(NCc1cccc(F)c1)n1ncnn1. The maximum absolute atomic E-state index is 12.8. The monoisotopic (exact) mass is 221 g/mol. The predicted octanol–water partition coefficient (Wildman–Crippen LogP) is 0.570. The lowest BCUT2D eigenvalue weighted by molar-refractivity contribution is 0.235. The molecule has 0 aliphatic rings. The number of benzene rings is 1. The van der Waals surface area contributed by atoms with Gasteiger partial charge >= 0.3 is 6.03 Å². The van der Waals surface area contributed by atoms with Crippen molar-refractivity contribution in [3.63, 3.8) is 0 Å². The van der Waals surface area contributed by atoms with Gasteiger partial charge in [0.05, 0.1) is 0 Å². The predicted molar refractivity (Wildman–Crippen MR) is 51.9 cm³/mol. The Morgan fingerprint density at radius 3 is 3.06 bits per heavy atom. The number of hydrogen-bond donors (Lipinski definition) is 1. The second-order valence-electron chi connectivity index (χ2n) is 3.01. The van der Waals surface area contributed by atoms with Gasteiger partial charge in [-0.1, -0.05) is 16.9 Å². The lowest BCUT2D eigenvalue weighted by Gasteiger charge is -2.03. The van der Waals surface area contributed by atoms with Crippen molar-refractivity contribution in [3.8, 4) is 0 Å². The van der Waals surface area contributed by atoms with E-state index < -0.39 is 6.03 Å². The molecule has 7 heteroatoms. The summed E-state index contributed by atoms with van der Waals surface area (Å²) >= 11 is 0. The highest BCUT2D eigenvalue weighted by molar-refractivity contribution is 5.74. The molecule has 0 spiro atoms. The van der Waals surface area contributed by atoms with Crippen molar-refractivity contribution >= 4 is 6.03 Å². The number of nitrogens with zero attached hydrogens (tertiary/aromatic N) is 4. The molecule has 0 aliphatic heterocycles. The molecule has 0 unspecified atom stereocenters. The summed E-state index contributed by atoms with van der Waals surface area (Å²) in [6.07, 6.45) is 1.15. The van der Waals surface area contributed by atoms with Gasteiger partial charge in [-0.3, -0.25) is 0 Å². The fourth-order valence-corrected chi connectivity index (χ4v) is 1.16. The number of hydrogen-bond acceptors (Lipinski definition) is 4. The van der Waals surface area contributed by atoms with Crippen LogP contribution in [0.1, 0.15) is 5.56 Å². The third-order valence-corrected chi connectivity index (χ3v) is 1.86. The molecular weight excluding hydrogens is 213 g/mol. The second-order valence-corrected chi connectivity index (χ2v) is 3.01. The molecule has 0 radical (unpaired) electrons. The maximum atomic E-state index is 12.8. The first-order valence-electron chi connectivity index (χ1n) is 4.51. The van der Waals surface area contributed by atoms with Gasteiger partial charge in [-0.25, -0.2) is 9.18 Å². The van der Waals surface area contributed by atoms with Crippen LogP contribution < -0.4 is 5.32 Å². The first-order valence-corrected chi connectivity index (χ1v) is 4.51. The third-order valence-electron chi connectivity index (χ3n) is 1.86. The molecular formula is C9H8FN5O. The Labute approximate surface area is 90.1 Å². The summed E-state index contributed by atoms with van der Waals surface area (Å²) in [4.78, 5) is 12.2. The second kappa shape index (κ2) is 4.47. The molecule has 16 heavy (non-hydrogen) atoms. The van der Waals surface area contributed by atoms with Crippen molar-refractivity contribution < 1.29 is 9.18 Å². The van der Waals surface area contributed by atoms with E-state index in [1.807, 2.05) is 0 Å². The molecule has 0 fully saturated rings. The summed E-state index contributed by atoms with van der Waals surface area (Å²) in [5.74, 6) is -0.342. The molecule has 0 atom stereocenters. The minimum absolute atomic E-state index is 0.206. The van der Waals surface area contributed by atoms with Gasteiger partial charge in [0, 0.05) is 6.54 Å². The number of carbonyl (C=O) groups is 1. The van der Waals surface area contributed by atoms with E-state index in [0.29, 0.717) is 5.56 Å². The first kappa shape index (κ1) is 10.2. The minimum atomic E-state index is -0.512. The fourth-order valence-electron chi connectivity index (χ4n) is 1.16. The van der Waals surface area contributed by atoms with E-state index in [2.05, 4.69) is 20.7 Å². The Morgan fingerprint density at radius 2 is 2.38 bits per heavy atom. The normalized spacial score (nSPS) is 10.1. The summed E-state index contributed by atoms with van der Waals surface area (Å²) in [6, 6.07) is 5.45. The van der Waals surface area contributed by atoms with Gasteiger partial charge in [0.1, 0.15) is 5.82 Å². The summed E-state index contributed by atoms with van der Waals surface area (Å²) in [5, 5.41) is 12.9. The molecule has 82 valence electrons. The molecule has 0 saturated carbocycles. The first-order chi connectivity index (χ1) is 7.75. The lowest BCUT2D eigenvalue weighted by atomic mass is 10.2. The fraction of sp³-hybridized carbons (Fsp3) is 0.111. The Morgan fingerprint density at radius 1 is 1.50 bits per heavy atom. The van der Waals surface area contributed by atoms with Crippen LogP contribution >= 0.6 is 0 Å². The number of aromatic nitrogens is 4. The van der Waals surface area contributed by atoms with Gasteiger partial charge in [0.2, 0.25) is 0 Å². The van der Waals surface area contributed by atoms with Gasteiger partial charge in [0.25, 0.3) is 0 Å². The van der Waals surface area contributed by atoms with Gasteiger partial charge < -0.3 is 5.32 Å². The van der Waals surface area contributed by atoms with Crippen LogP contribution in [-0.4, -0.2) is 26.2 Å². The zero-order valence-electron chi connectivity index (χ0n) is 8.17. The largest absolute Gasteiger partial charge is 0.361 e. The number of nitrogens with one attached hydrogen (secondary N) is 1. The molecule has 1 N–H and O–H groups in total. The van der Waals surface area contributed by atoms with Gasteiger partial charge in [-0.05, 0) is 22.9 Å². The topological polar surface area (TPSA) is 72.7 Å². The Bertz CT molecular complexity index is 484. The van der Waals surface area contributed by atoms with E-state index in [1.54, 1.807) is 12.1 Å². The quantitative estimate of drug-likeness (QED) is 0.804. The van der Waals surface area contributed by atoms with Crippen LogP contribution in [0, 0.1) is 5.82 Å². The number of amides is 1. The summed E-state index contributed by atoms with van der Waals surface area (Å²) < 4.78 is 12.8. The average molecular weight is 221 g/mol. The Kier molecular flexibility index (Phi) is 2.86. The molecule has 0 bridgehead atoms. The van der Waals surface area contributed by atoms with Crippen LogP contribution in [0.25, 0.3) is 0 Å².